The number of carbonyl (C=O) groups is 1. The molecule has 4 rings (SSSR count). The van der Waals surface area contributed by atoms with E-state index in [1.165, 1.54) is 6.07 Å². The van der Waals surface area contributed by atoms with Crippen LogP contribution >= 0.6 is 0 Å². The first-order chi connectivity index (χ1) is 13.8. The summed E-state index contributed by atoms with van der Waals surface area (Å²) in [6.07, 6.45) is 3.21. The van der Waals surface area contributed by atoms with Gasteiger partial charge in [-0.2, -0.15) is 5.10 Å². The van der Waals surface area contributed by atoms with Crippen molar-refractivity contribution in [3.63, 3.8) is 0 Å². The Morgan fingerprint density at radius 3 is 2.72 bits per heavy atom. The number of hydrogen-bond acceptors (Lipinski definition) is 5. The highest BCUT2D eigenvalue weighted by atomic mass is 19.1. The van der Waals surface area contributed by atoms with Crippen molar-refractivity contribution in [2.24, 2.45) is 0 Å². The Morgan fingerprint density at radius 2 is 2.00 bits per heavy atom. The SMILES string of the molecule is CC(C)(C)c1cc(NC(=O)Cc2ccc(-c3cnc4[nH]ncc4c3)cc2F)no1. The van der Waals surface area contributed by atoms with Crippen molar-refractivity contribution in [3.05, 3.63) is 59.9 Å². The Kier molecular flexibility index (Phi) is 4.62. The van der Waals surface area contributed by atoms with Gasteiger partial charge in [-0.1, -0.05) is 38.1 Å². The van der Waals surface area contributed by atoms with Crippen LogP contribution in [0.2, 0.25) is 0 Å². The maximum atomic E-state index is 14.6. The summed E-state index contributed by atoms with van der Waals surface area (Å²) in [5, 5.41) is 14.0. The Labute approximate surface area is 166 Å². The van der Waals surface area contributed by atoms with Crippen molar-refractivity contribution in [2.75, 3.05) is 5.32 Å². The van der Waals surface area contributed by atoms with Gasteiger partial charge in [0.05, 0.1) is 12.6 Å². The van der Waals surface area contributed by atoms with E-state index in [1.54, 1.807) is 30.6 Å². The van der Waals surface area contributed by atoms with Crippen molar-refractivity contribution in [3.8, 4) is 11.1 Å². The lowest BCUT2D eigenvalue weighted by molar-refractivity contribution is -0.115. The molecule has 0 unspecified atom stereocenters. The lowest BCUT2D eigenvalue weighted by Gasteiger charge is -2.12. The number of hydrogen-bond donors (Lipinski definition) is 2. The van der Waals surface area contributed by atoms with E-state index in [0.717, 1.165) is 10.9 Å². The highest BCUT2D eigenvalue weighted by Crippen LogP contribution is 2.26. The molecule has 29 heavy (non-hydrogen) atoms. The maximum absolute atomic E-state index is 14.6. The monoisotopic (exact) mass is 393 g/mol. The van der Waals surface area contributed by atoms with Crippen molar-refractivity contribution >= 4 is 22.8 Å². The predicted molar refractivity (Wildman–Crippen MR) is 107 cm³/mol. The number of carbonyl (C=O) groups excluding carboxylic acids is 1. The second-order valence-corrected chi connectivity index (χ2v) is 7.89. The molecule has 0 fully saturated rings. The number of nitrogens with zero attached hydrogens (tertiary/aromatic N) is 3. The van der Waals surface area contributed by atoms with E-state index < -0.39 is 5.82 Å². The van der Waals surface area contributed by atoms with Gasteiger partial charge in [0.25, 0.3) is 0 Å². The largest absolute Gasteiger partial charge is 0.359 e. The van der Waals surface area contributed by atoms with Crippen LogP contribution in [0.15, 0.2) is 47.2 Å². The molecule has 0 aliphatic carbocycles. The number of benzene rings is 1. The first kappa shape index (κ1) is 18.8. The Balaban J connectivity index is 1.47. The van der Waals surface area contributed by atoms with Crippen LogP contribution in [-0.4, -0.2) is 26.2 Å². The number of halogens is 1. The summed E-state index contributed by atoms with van der Waals surface area (Å²) in [6.45, 7) is 5.95. The van der Waals surface area contributed by atoms with E-state index >= 15 is 0 Å². The van der Waals surface area contributed by atoms with Gasteiger partial charge in [-0.3, -0.25) is 9.89 Å². The third-order valence-electron chi connectivity index (χ3n) is 4.55. The van der Waals surface area contributed by atoms with Gasteiger partial charge >= 0.3 is 0 Å². The molecule has 2 N–H and O–H groups in total. The summed E-state index contributed by atoms with van der Waals surface area (Å²) >= 11 is 0. The zero-order chi connectivity index (χ0) is 20.6. The number of aromatic amines is 1. The summed E-state index contributed by atoms with van der Waals surface area (Å²) in [5.74, 6) is 0.148. The van der Waals surface area contributed by atoms with Crippen LogP contribution in [-0.2, 0) is 16.6 Å². The maximum Gasteiger partial charge on any atom is 0.230 e. The number of H-pyrrole nitrogens is 1. The fourth-order valence-corrected chi connectivity index (χ4v) is 2.91. The summed E-state index contributed by atoms with van der Waals surface area (Å²) in [7, 11) is 0. The second-order valence-electron chi connectivity index (χ2n) is 7.89. The number of anilines is 1. The van der Waals surface area contributed by atoms with E-state index in [2.05, 4.69) is 25.7 Å². The minimum Gasteiger partial charge on any atom is -0.359 e. The number of amides is 1. The third kappa shape index (κ3) is 4.01. The number of pyridine rings is 1. The van der Waals surface area contributed by atoms with Crippen LogP contribution in [0.3, 0.4) is 0 Å². The Morgan fingerprint density at radius 1 is 1.17 bits per heavy atom. The molecule has 0 aliphatic rings. The van der Waals surface area contributed by atoms with Gasteiger partial charge in [-0.25, -0.2) is 9.37 Å². The quantitative estimate of drug-likeness (QED) is 0.541. The minimum atomic E-state index is -0.458. The zero-order valence-corrected chi connectivity index (χ0v) is 16.3. The average Bonchev–Trinajstić information content (AvgIpc) is 3.31. The summed E-state index contributed by atoms with van der Waals surface area (Å²) in [5.41, 5.74) is 2.19. The Bertz CT molecular complexity index is 1190. The van der Waals surface area contributed by atoms with E-state index in [0.29, 0.717) is 28.4 Å². The molecule has 0 spiro atoms. The number of fused-ring (bicyclic) bond motifs is 1. The number of aromatic nitrogens is 4. The average molecular weight is 393 g/mol. The summed E-state index contributed by atoms with van der Waals surface area (Å²) < 4.78 is 19.8. The lowest BCUT2D eigenvalue weighted by atomic mass is 9.93. The van der Waals surface area contributed by atoms with Crippen LogP contribution in [0.4, 0.5) is 10.2 Å². The van der Waals surface area contributed by atoms with Crippen LogP contribution < -0.4 is 5.32 Å². The Hall–Kier alpha value is -3.55. The molecule has 0 bridgehead atoms. The third-order valence-corrected chi connectivity index (χ3v) is 4.55. The molecule has 1 amide bonds. The topological polar surface area (TPSA) is 96.7 Å². The summed E-state index contributed by atoms with van der Waals surface area (Å²) in [4.78, 5) is 16.5. The molecule has 0 saturated carbocycles. The van der Waals surface area contributed by atoms with Crippen molar-refractivity contribution in [1.82, 2.24) is 20.3 Å². The minimum absolute atomic E-state index is 0.108. The highest BCUT2D eigenvalue weighted by molar-refractivity contribution is 5.91. The van der Waals surface area contributed by atoms with E-state index in [4.69, 9.17) is 4.52 Å². The van der Waals surface area contributed by atoms with Crippen LogP contribution in [0.1, 0.15) is 32.1 Å². The van der Waals surface area contributed by atoms with E-state index in [-0.39, 0.29) is 17.7 Å². The predicted octanol–water partition coefficient (Wildman–Crippen LogP) is 4.23. The molecule has 3 heterocycles. The van der Waals surface area contributed by atoms with Crippen LogP contribution in [0, 0.1) is 5.82 Å². The van der Waals surface area contributed by atoms with E-state index in [1.807, 2.05) is 26.8 Å². The smallest absolute Gasteiger partial charge is 0.230 e. The normalized spacial score (nSPS) is 11.7. The zero-order valence-electron chi connectivity index (χ0n) is 16.3. The van der Waals surface area contributed by atoms with Gasteiger partial charge < -0.3 is 9.84 Å². The molecule has 0 atom stereocenters. The van der Waals surface area contributed by atoms with Crippen molar-refractivity contribution in [1.29, 1.82) is 0 Å². The molecule has 4 aromatic rings. The van der Waals surface area contributed by atoms with Gasteiger partial charge in [0.15, 0.2) is 11.5 Å². The molecule has 3 aromatic heterocycles. The number of nitrogens with one attached hydrogen (secondary N) is 2. The molecular formula is C21H20FN5O2. The standard InChI is InChI=1S/C21H20FN5O2/c1-21(2,3)17-9-18(27-29-17)25-19(28)8-13-5-4-12(7-16(13)22)14-6-15-11-24-26-20(15)23-10-14/h4-7,9-11H,8H2,1-3H3,(H,23,24,26)(H,25,27,28). The fraction of sp³-hybridized carbons (Fsp3) is 0.238. The number of rotatable bonds is 4. The van der Waals surface area contributed by atoms with Gasteiger partial charge in [0.1, 0.15) is 11.6 Å². The molecule has 0 radical (unpaired) electrons. The molecule has 0 aliphatic heterocycles. The second kappa shape index (κ2) is 7.12. The summed E-state index contributed by atoms with van der Waals surface area (Å²) in [6, 6.07) is 8.33. The van der Waals surface area contributed by atoms with Crippen LogP contribution in [0.25, 0.3) is 22.2 Å². The fourth-order valence-electron chi connectivity index (χ4n) is 2.91. The van der Waals surface area contributed by atoms with Gasteiger partial charge in [0, 0.05) is 28.6 Å². The van der Waals surface area contributed by atoms with Gasteiger partial charge in [0.2, 0.25) is 5.91 Å². The van der Waals surface area contributed by atoms with Gasteiger partial charge in [-0.05, 0) is 23.3 Å². The van der Waals surface area contributed by atoms with Gasteiger partial charge in [-0.15, -0.1) is 0 Å². The van der Waals surface area contributed by atoms with Crippen molar-refractivity contribution in [2.45, 2.75) is 32.6 Å². The van der Waals surface area contributed by atoms with Crippen molar-refractivity contribution < 1.29 is 13.7 Å². The highest BCUT2D eigenvalue weighted by Gasteiger charge is 2.20. The first-order valence-electron chi connectivity index (χ1n) is 9.14. The molecule has 7 nitrogen and oxygen atoms in total. The van der Waals surface area contributed by atoms with E-state index in [9.17, 15) is 9.18 Å². The molecule has 8 heteroatoms. The first-order valence-corrected chi connectivity index (χ1v) is 9.14. The molecule has 148 valence electrons. The molecular weight excluding hydrogens is 373 g/mol. The molecule has 0 saturated heterocycles. The lowest BCUT2D eigenvalue weighted by Crippen LogP contribution is -2.15. The van der Waals surface area contributed by atoms with Crippen LogP contribution in [0.5, 0.6) is 0 Å². The molecule has 1 aromatic carbocycles.